The molecule has 0 atom stereocenters. The van der Waals surface area contributed by atoms with Crippen molar-refractivity contribution in [1.82, 2.24) is 18.3 Å². The zero-order valence-electron chi connectivity index (χ0n) is 38.9. The highest BCUT2D eigenvalue weighted by Gasteiger charge is 2.24. The monoisotopic (exact) mass is 944 g/mol. The molecule has 0 aliphatic heterocycles. The maximum absolute atomic E-state index is 11.4. The molecular weight excluding hydrogens is 909 g/mol. The second kappa shape index (κ2) is 14.8. The van der Waals surface area contributed by atoms with E-state index in [2.05, 4.69) is 235 Å². The van der Waals surface area contributed by atoms with Crippen molar-refractivity contribution in [2.75, 3.05) is 0 Å². The summed E-state index contributed by atoms with van der Waals surface area (Å²) in [5, 5.41) is 25.2. The normalized spacial score (nSPS) is 12.1. The molecule has 0 N–H and O–H groups in total. The zero-order chi connectivity index (χ0) is 48.1. The summed E-state index contributed by atoms with van der Waals surface area (Å²) >= 11 is 1.78. The van der Waals surface area contributed by atoms with Crippen molar-refractivity contribution in [1.29, 1.82) is 5.26 Å². The Kier molecular flexibility index (Phi) is 8.09. The van der Waals surface area contributed by atoms with Crippen LogP contribution in [0.4, 0.5) is 5.69 Å². The van der Waals surface area contributed by atoms with Gasteiger partial charge in [-0.3, -0.25) is 0 Å². The Morgan fingerprint density at radius 3 is 1.47 bits per heavy atom. The lowest BCUT2D eigenvalue weighted by Crippen LogP contribution is -2.02. The van der Waals surface area contributed by atoms with E-state index in [1.807, 2.05) is 12.1 Å². The van der Waals surface area contributed by atoms with Crippen LogP contribution >= 0.6 is 11.3 Å². The smallest absolute Gasteiger partial charge is 0.212 e. The molecule has 7 heteroatoms. The Morgan fingerprint density at radius 1 is 0.356 bits per heavy atom. The number of nitriles is 1. The highest BCUT2D eigenvalue weighted by molar-refractivity contribution is 7.25. The molecule has 0 unspecified atom stereocenters. The number of rotatable bonds is 4. The minimum Gasteiger partial charge on any atom is -0.319 e. The van der Waals surface area contributed by atoms with E-state index in [0.717, 1.165) is 87.8 Å². The number of fused-ring (bicyclic) bond motifs is 17. The molecule has 16 aromatic rings. The Hall–Kier alpha value is -9.92. The van der Waals surface area contributed by atoms with Crippen LogP contribution in [0.15, 0.2) is 218 Å². The summed E-state index contributed by atoms with van der Waals surface area (Å²) < 4.78 is 11.5. The van der Waals surface area contributed by atoms with Crippen LogP contribution in [-0.4, -0.2) is 18.3 Å². The van der Waals surface area contributed by atoms with Crippen molar-refractivity contribution >= 4 is 135 Å². The van der Waals surface area contributed by atoms with Gasteiger partial charge in [0.2, 0.25) is 5.69 Å². The lowest BCUT2D eigenvalue weighted by atomic mass is 10.0. The molecule has 0 bridgehead atoms. The van der Waals surface area contributed by atoms with Crippen LogP contribution in [0.5, 0.6) is 0 Å². The van der Waals surface area contributed by atoms with E-state index in [1.165, 1.54) is 41.7 Å². The molecule has 336 valence electrons. The number of benzene rings is 11. The molecule has 6 nitrogen and oxygen atoms in total. The quantitative estimate of drug-likeness (QED) is 0.162. The summed E-state index contributed by atoms with van der Waals surface area (Å²) in [5.41, 5.74) is 12.8. The summed E-state index contributed by atoms with van der Waals surface area (Å²) in [5.74, 6) is 0. The number of hydrogen-bond donors (Lipinski definition) is 0. The Balaban J connectivity index is 0.963. The highest BCUT2D eigenvalue weighted by Crippen LogP contribution is 2.46. The van der Waals surface area contributed by atoms with Crippen LogP contribution in [0.2, 0.25) is 0 Å². The molecule has 0 saturated heterocycles. The molecular formula is C66H36N6S. The predicted molar refractivity (Wildman–Crippen MR) is 305 cm³/mol. The Morgan fingerprint density at radius 2 is 0.849 bits per heavy atom. The van der Waals surface area contributed by atoms with E-state index in [9.17, 15) is 5.26 Å². The average Bonchev–Trinajstić information content (AvgIpc) is 4.25. The molecule has 5 aromatic heterocycles. The average molecular weight is 945 g/mol. The molecule has 0 aliphatic carbocycles. The minimum atomic E-state index is 0.451. The van der Waals surface area contributed by atoms with Crippen LogP contribution in [0.1, 0.15) is 5.56 Å². The van der Waals surface area contributed by atoms with Crippen molar-refractivity contribution in [3.05, 3.63) is 235 Å². The van der Waals surface area contributed by atoms with Crippen molar-refractivity contribution < 1.29 is 0 Å². The summed E-state index contributed by atoms with van der Waals surface area (Å²) in [6, 6.07) is 80.4. The Labute approximate surface area is 420 Å². The molecule has 5 heterocycles. The highest BCUT2D eigenvalue weighted by atomic mass is 32.1. The van der Waals surface area contributed by atoms with Crippen molar-refractivity contribution in [2.45, 2.75) is 0 Å². The maximum atomic E-state index is 11.4. The van der Waals surface area contributed by atoms with Gasteiger partial charge in [0, 0.05) is 74.6 Å². The van der Waals surface area contributed by atoms with Crippen LogP contribution in [0.25, 0.3) is 146 Å². The summed E-state index contributed by atoms with van der Waals surface area (Å²) in [4.78, 5) is 4.32. The van der Waals surface area contributed by atoms with Gasteiger partial charge in [-0.25, -0.2) is 4.85 Å². The van der Waals surface area contributed by atoms with Gasteiger partial charge in [0.15, 0.2) is 0 Å². The number of hydrogen-bond acceptors (Lipinski definition) is 2. The van der Waals surface area contributed by atoms with Gasteiger partial charge in [-0.15, -0.1) is 11.3 Å². The molecule has 0 saturated carbocycles. The number of nitrogens with zero attached hydrogens (tertiary/aromatic N) is 6. The van der Waals surface area contributed by atoms with Gasteiger partial charge >= 0.3 is 0 Å². The van der Waals surface area contributed by atoms with Gasteiger partial charge in [0.05, 0.1) is 67.6 Å². The first-order valence-electron chi connectivity index (χ1n) is 24.4. The standard InChI is InChI=1S/C66H36N6S/c1-68-53-36-61(72-58-30-27-41(69-54-21-9-4-16-44(54)45-17-5-10-22-55(45)69)33-49(58)50-35-51-48-20-8-13-25-64(48)73-65(51)37-62(50)72)40(38-67)32-63(53)71-59-31-28-42(34-52(59)66-43-15-3-2-14-39(43)26-29-60(66)71)70-56-23-11-6-18-46(56)47-19-7-12-24-57(47)70/h2-37H. The van der Waals surface area contributed by atoms with Gasteiger partial charge in [0.25, 0.3) is 0 Å². The zero-order valence-corrected chi connectivity index (χ0v) is 39.7. The van der Waals surface area contributed by atoms with Crippen LogP contribution in [0.3, 0.4) is 0 Å². The van der Waals surface area contributed by atoms with Crippen molar-refractivity contribution in [3.63, 3.8) is 0 Å². The summed E-state index contributed by atoms with van der Waals surface area (Å²) in [6.45, 7) is 8.92. The largest absolute Gasteiger partial charge is 0.319 e. The van der Waals surface area contributed by atoms with E-state index < -0.39 is 0 Å². The molecule has 73 heavy (non-hydrogen) atoms. The van der Waals surface area contributed by atoms with Gasteiger partial charge in [-0.1, -0.05) is 121 Å². The van der Waals surface area contributed by atoms with Crippen LogP contribution in [0, 0.1) is 17.9 Å². The number of para-hydroxylation sites is 4. The lowest BCUT2D eigenvalue weighted by molar-refractivity contribution is 1.14. The first-order valence-corrected chi connectivity index (χ1v) is 25.2. The van der Waals surface area contributed by atoms with Gasteiger partial charge in [-0.05, 0) is 108 Å². The lowest BCUT2D eigenvalue weighted by Gasteiger charge is -2.16. The molecule has 0 spiro atoms. The molecule has 16 rings (SSSR count). The fourth-order valence-corrected chi connectivity index (χ4v) is 13.4. The fourth-order valence-electron chi connectivity index (χ4n) is 12.3. The summed E-state index contributed by atoms with van der Waals surface area (Å²) in [6.07, 6.45) is 0. The van der Waals surface area contributed by atoms with E-state index in [-0.39, 0.29) is 0 Å². The van der Waals surface area contributed by atoms with E-state index in [4.69, 9.17) is 6.57 Å². The van der Waals surface area contributed by atoms with Gasteiger partial charge in [-0.2, -0.15) is 5.26 Å². The Bertz CT molecular complexity index is 5090. The first-order chi connectivity index (χ1) is 36.1. The third-order valence-electron chi connectivity index (χ3n) is 15.4. The van der Waals surface area contributed by atoms with Gasteiger partial charge < -0.3 is 18.3 Å². The van der Waals surface area contributed by atoms with Crippen LogP contribution < -0.4 is 0 Å². The summed E-state index contributed by atoms with van der Waals surface area (Å²) in [7, 11) is 0. The predicted octanol–water partition coefficient (Wildman–Crippen LogP) is 18.0. The third-order valence-corrected chi connectivity index (χ3v) is 16.5. The number of thiophene rings is 1. The van der Waals surface area contributed by atoms with E-state index >= 15 is 0 Å². The SMILES string of the molecule is [C-]#[N+]c1cc(-n2c3ccc(-n4c5ccccc5c5ccccc54)cc3c3cc4c(cc32)sc2ccccc24)c(C#N)cc1-n1c2ccc(-n3c4ccccc4c4ccccc43)cc2c2c3ccccc3ccc21. The first kappa shape index (κ1) is 39.9. The van der Waals surface area contributed by atoms with E-state index in [1.54, 1.807) is 11.3 Å². The second-order valence-electron chi connectivity index (χ2n) is 19.0. The fraction of sp³-hybridized carbons (Fsp3) is 0. The minimum absolute atomic E-state index is 0.451. The second-order valence-corrected chi connectivity index (χ2v) is 20.1. The molecule has 0 radical (unpaired) electrons. The van der Waals surface area contributed by atoms with Crippen LogP contribution in [-0.2, 0) is 0 Å². The van der Waals surface area contributed by atoms with Crippen molar-refractivity contribution in [2.24, 2.45) is 0 Å². The third kappa shape index (κ3) is 5.43. The molecule has 0 aliphatic rings. The van der Waals surface area contributed by atoms with E-state index in [0.29, 0.717) is 22.6 Å². The van der Waals surface area contributed by atoms with Gasteiger partial charge in [0.1, 0.15) is 6.07 Å². The van der Waals surface area contributed by atoms with Crippen molar-refractivity contribution in [3.8, 4) is 28.8 Å². The molecule has 0 fully saturated rings. The molecule has 0 amide bonds. The maximum Gasteiger partial charge on any atom is 0.212 e. The topological polar surface area (TPSA) is 47.9 Å². The molecule has 11 aromatic carbocycles. The number of aromatic nitrogens is 4.